The van der Waals surface area contributed by atoms with Crippen LogP contribution < -0.4 is 5.32 Å². The van der Waals surface area contributed by atoms with Gasteiger partial charge in [0.2, 0.25) is 5.91 Å². The summed E-state index contributed by atoms with van der Waals surface area (Å²) in [5.74, 6) is -0.694. The highest BCUT2D eigenvalue weighted by Crippen LogP contribution is 2.55. The summed E-state index contributed by atoms with van der Waals surface area (Å²) < 4.78 is 1.68. The molecular formula is C17H20N2O3. The van der Waals surface area contributed by atoms with E-state index in [1.165, 1.54) is 0 Å². The van der Waals surface area contributed by atoms with Gasteiger partial charge in [-0.3, -0.25) is 9.59 Å². The number of hydrogen-bond donors (Lipinski definition) is 2. The van der Waals surface area contributed by atoms with Crippen molar-refractivity contribution >= 4 is 28.5 Å². The molecule has 0 radical (unpaired) electrons. The van der Waals surface area contributed by atoms with Gasteiger partial charge in [0, 0.05) is 28.7 Å². The maximum Gasteiger partial charge on any atom is 0.323 e. The lowest BCUT2D eigenvalue weighted by Crippen LogP contribution is -2.17. The molecule has 3 rings (SSSR count). The quantitative estimate of drug-likeness (QED) is 0.891. The topological polar surface area (TPSA) is 71.3 Å². The van der Waals surface area contributed by atoms with Crippen molar-refractivity contribution < 1.29 is 14.7 Å². The fraction of sp³-hybridized carbons (Fsp3) is 0.412. The van der Waals surface area contributed by atoms with E-state index in [-0.39, 0.29) is 23.8 Å². The number of amides is 1. The molecule has 5 nitrogen and oxygen atoms in total. The van der Waals surface area contributed by atoms with Gasteiger partial charge in [-0.15, -0.1) is 0 Å². The molecular weight excluding hydrogens is 280 g/mol. The fourth-order valence-corrected chi connectivity index (χ4v) is 3.00. The summed E-state index contributed by atoms with van der Waals surface area (Å²) in [4.78, 5) is 23.1. The number of fused-ring (bicyclic) bond motifs is 1. The van der Waals surface area contributed by atoms with Gasteiger partial charge in [0.05, 0.1) is 0 Å². The number of aromatic nitrogens is 1. The van der Waals surface area contributed by atoms with E-state index in [0.717, 1.165) is 29.4 Å². The van der Waals surface area contributed by atoms with Crippen LogP contribution in [-0.4, -0.2) is 21.6 Å². The summed E-state index contributed by atoms with van der Waals surface area (Å²) in [7, 11) is 0. The van der Waals surface area contributed by atoms with Crippen molar-refractivity contribution in [1.29, 1.82) is 0 Å². The number of rotatable bonds is 5. The van der Waals surface area contributed by atoms with Crippen molar-refractivity contribution in [3.63, 3.8) is 0 Å². The molecule has 0 bridgehead atoms. The minimum atomic E-state index is -0.873. The number of nitrogens with one attached hydrogen (secondary N) is 1. The van der Waals surface area contributed by atoms with Crippen LogP contribution in [0.3, 0.4) is 0 Å². The molecule has 1 saturated carbocycles. The van der Waals surface area contributed by atoms with E-state index in [4.69, 9.17) is 5.11 Å². The lowest BCUT2D eigenvalue weighted by Gasteiger charge is -2.09. The molecule has 0 saturated heterocycles. The van der Waals surface area contributed by atoms with Crippen LogP contribution >= 0.6 is 0 Å². The second-order valence-corrected chi connectivity index (χ2v) is 6.36. The van der Waals surface area contributed by atoms with Crippen molar-refractivity contribution in [3.05, 3.63) is 30.5 Å². The third-order valence-corrected chi connectivity index (χ3v) is 4.82. The maximum atomic E-state index is 12.2. The number of carbonyl (C=O) groups excluding carboxylic acids is 1. The van der Waals surface area contributed by atoms with Crippen molar-refractivity contribution in [3.8, 4) is 0 Å². The molecule has 1 fully saturated rings. The first-order valence-corrected chi connectivity index (χ1v) is 7.54. The summed E-state index contributed by atoms with van der Waals surface area (Å²) >= 11 is 0. The van der Waals surface area contributed by atoms with E-state index in [9.17, 15) is 9.59 Å². The molecule has 2 aromatic rings. The Labute approximate surface area is 128 Å². The van der Waals surface area contributed by atoms with Gasteiger partial charge < -0.3 is 15.0 Å². The van der Waals surface area contributed by atoms with Gasteiger partial charge in [-0.05, 0) is 42.5 Å². The van der Waals surface area contributed by atoms with E-state index in [1.54, 1.807) is 10.8 Å². The van der Waals surface area contributed by atoms with Crippen molar-refractivity contribution in [2.75, 3.05) is 5.32 Å². The van der Waals surface area contributed by atoms with Crippen LogP contribution in [-0.2, 0) is 16.1 Å². The Bertz CT molecular complexity index is 749. The van der Waals surface area contributed by atoms with Crippen LogP contribution in [0.5, 0.6) is 0 Å². The Kier molecular flexibility index (Phi) is 3.43. The molecule has 2 unspecified atom stereocenters. The average molecular weight is 300 g/mol. The van der Waals surface area contributed by atoms with Crippen molar-refractivity contribution in [1.82, 2.24) is 4.57 Å². The summed E-state index contributed by atoms with van der Waals surface area (Å²) in [6, 6.07) is 7.42. The maximum absolute atomic E-state index is 12.2. The number of nitrogens with zero attached hydrogens (tertiary/aromatic N) is 1. The lowest BCUT2D eigenvalue weighted by molar-refractivity contribution is -0.137. The summed E-state index contributed by atoms with van der Waals surface area (Å²) in [5, 5.41) is 12.8. The monoisotopic (exact) mass is 300 g/mol. The first-order valence-electron chi connectivity index (χ1n) is 7.54. The van der Waals surface area contributed by atoms with E-state index >= 15 is 0 Å². The molecule has 116 valence electrons. The summed E-state index contributed by atoms with van der Waals surface area (Å²) in [6.07, 6.45) is 3.72. The van der Waals surface area contributed by atoms with Gasteiger partial charge in [-0.25, -0.2) is 0 Å². The fourth-order valence-electron chi connectivity index (χ4n) is 3.00. The first-order chi connectivity index (χ1) is 10.4. The number of carboxylic acid groups (broad SMARTS) is 1. The van der Waals surface area contributed by atoms with Crippen LogP contribution in [0.4, 0.5) is 5.69 Å². The van der Waals surface area contributed by atoms with Gasteiger partial charge in [-0.1, -0.05) is 13.8 Å². The third kappa shape index (κ3) is 2.58. The molecule has 1 aromatic carbocycles. The third-order valence-electron chi connectivity index (χ3n) is 4.82. The van der Waals surface area contributed by atoms with E-state index < -0.39 is 5.97 Å². The zero-order chi connectivity index (χ0) is 15.9. The smallest absolute Gasteiger partial charge is 0.323 e. The lowest BCUT2D eigenvalue weighted by atomic mass is 10.0. The highest BCUT2D eigenvalue weighted by Gasteiger charge is 2.52. The SMILES string of the molecule is CCC1(C)CC1C(=O)Nc1ccc2c(ccn2CC(=O)O)c1. The highest BCUT2D eigenvalue weighted by molar-refractivity contribution is 5.97. The Morgan fingerprint density at radius 1 is 1.41 bits per heavy atom. The van der Waals surface area contributed by atoms with Crippen LogP contribution in [0.1, 0.15) is 26.7 Å². The second-order valence-electron chi connectivity index (χ2n) is 6.36. The molecule has 1 heterocycles. The Morgan fingerprint density at radius 2 is 2.18 bits per heavy atom. The molecule has 5 heteroatoms. The molecule has 1 aliphatic rings. The minimum absolute atomic E-state index is 0.0634. The number of benzene rings is 1. The van der Waals surface area contributed by atoms with Gasteiger partial charge in [0.15, 0.2) is 0 Å². The molecule has 1 aromatic heterocycles. The number of carboxylic acids is 1. The average Bonchev–Trinajstić information content (AvgIpc) is 3.02. The van der Waals surface area contributed by atoms with Crippen molar-refractivity contribution in [2.24, 2.45) is 11.3 Å². The number of carbonyl (C=O) groups is 2. The Hall–Kier alpha value is -2.30. The van der Waals surface area contributed by atoms with Crippen molar-refractivity contribution in [2.45, 2.75) is 33.2 Å². The molecule has 2 atom stereocenters. The van der Waals surface area contributed by atoms with Crippen LogP contribution in [0.25, 0.3) is 10.9 Å². The summed E-state index contributed by atoms with van der Waals surface area (Å²) in [6.45, 7) is 4.20. The van der Waals surface area contributed by atoms with E-state index in [0.29, 0.717) is 0 Å². The standard InChI is InChI=1S/C17H20N2O3/c1-3-17(2)9-13(17)16(22)18-12-4-5-14-11(8-12)6-7-19(14)10-15(20)21/h4-8,13H,3,9-10H2,1-2H3,(H,18,22)(H,20,21). The minimum Gasteiger partial charge on any atom is -0.480 e. The second kappa shape index (κ2) is 5.16. The van der Waals surface area contributed by atoms with E-state index in [1.807, 2.05) is 24.3 Å². The normalized spacial score (nSPS) is 23.5. The van der Waals surface area contributed by atoms with Crippen LogP contribution in [0.15, 0.2) is 30.5 Å². The van der Waals surface area contributed by atoms with Gasteiger partial charge in [0.25, 0.3) is 0 Å². The molecule has 0 spiro atoms. The summed E-state index contributed by atoms with van der Waals surface area (Å²) in [5.41, 5.74) is 1.76. The predicted octanol–water partition coefficient (Wildman–Crippen LogP) is 3.10. The molecule has 1 amide bonds. The highest BCUT2D eigenvalue weighted by atomic mass is 16.4. The number of hydrogen-bond acceptors (Lipinski definition) is 2. The van der Waals surface area contributed by atoms with Crippen LogP contribution in [0.2, 0.25) is 0 Å². The first kappa shape index (κ1) is 14.6. The molecule has 22 heavy (non-hydrogen) atoms. The largest absolute Gasteiger partial charge is 0.480 e. The van der Waals surface area contributed by atoms with Gasteiger partial charge in [-0.2, -0.15) is 0 Å². The van der Waals surface area contributed by atoms with Crippen LogP contribution in [0, 0.1) is 11.3 Å². The zero-order valence-electron chi connectivity index (χ0n) is 12.8. The predicted molar refractivity (Wildman–Crippen MR) is 84.7 cm³/mol. The van der Waals surface area contributed by atoms with Gasteiger partial charge >= 0.3 is 5.97 Å². The Morgan fingerprint density at radius 3 is 2.82 bits per heavy atom. The zero-order valence-corrected chi connectivity index (χ0v) is 12.8. The molecule has 2 N–H and O–H groups in total. The molecule has 0 aliphatic heterocycles. The number of anilines is 1. The number of aliphatic carboxylic acids is 1. The Balaban J connectivity index is 1.76. The molecule has 1 aliphatic carbocycles. The van der Waals surface area contributed by atoms with Gasteiger partial charge in [0.1, 0.15) is 6.54 Å². The van der Waals surface area contributed by atoms with E-state index in [2.05, 4.69) is 19.2 Å².